The third-order valence-electron chi connectivity index (χ3n) is 1.60. The molecule has 0 aliphatic carbocycles. The summed E-state index contributed by atoms with van der Waals surface area (Å²) in [5.74, 6) is -2.40. The van der Waals surface area contributed by atoms with Gasteiger partial charge < -0.3 is 9.84 Å². The number of alkyl halides is 5. The average Bonchev–Trinajstić information content (AvgIpc) is 2.17. The number of rotatable bonds is 2. The fourth-order valence-corrected chi connectivity index (χ4v) is 1.01. The molecule has 0 fully saturated rings. The number of hydrogen-bond acceptors (Lipinski definition) is 4. The van der Waals surface area contributed by atoms with E-state index in [1.54, 1.807) is 0 Å². The second-order valence-corrected chi connectivity index (χ2v) is 2.70. The van der Waals surface area contributed by atoms with Crippen LogP contribution in [0.5, 0.6) is 11.6 Å². The molecule has 92 valence electrons. The zero-order chi connectivity index (χ0) is 13.2. The normalized spacial score (nSPS) is 11.4. The van der Waals surface area contributed by atoms with Crippen LogP contribution in [0.2, 0.25) is 0 Å². The molecule has 0 atom stereocenters. The summed E-state index contributed by atoms with van der Waals surface area (Å²) in [4.78, 5) is 2.87. The molecule has 1 rings (SSSR count). The molecule has 0 aliphatic heterocycles. The number of ether oxygens (including phenoxy) is 1. The van der Waals surface area contributed by atoms with E-state index in [4.69, 9.17) is 10.4 Å². The Morgan fingerprint density at radius 3 is 2.41 bits per heavy atom. The zero-order valence-electron chi connectivity index (χ0n) is 7.79. The molecule has 9 heteroatoms. The van der Waals surface area contributed by atoms with Gasteiger partial charge in [0, 0.05) is 0 Å². The molecule has 1 aromatic heterocycles. The predicted octanol–water partition coefficient (Wildman–Crippen LogP) is 2.50. The Hall–Kier alpha value is -2.11. The highest BCUT2D eigenvalue weighted by atomic mass is 19.4. The van der Waals surface area contributed by atoms with Crippen molar-refractivity contribution in [1.29, 1.82) is 5.26 Å². The van der Waals surface area contributed by atoms with Crippen molar-refractivity contribution in [2.75, 3.05) is 0 Å². The minimum absolute atomic E-state index is 0.422. The summed E-state index contributed by atoms with van der Waals surface area (Å²) >= 11 is 0. The molecule has 1 aromatic rings. The van der Waals surface area contributed by atoms with E-state index in [9.17, 15) is 22.0 Å². The third kappa shape index (κ3) is 2.93. The molecule has 17 heavy (non-hydrogen) atoms. The molecule has 0 unspecified atom stereocenters. The molecule has 0 aliphatic rings. The molecule has 0 aromatic carbocycles. The second kappa shape index (κ2) is 4.40. The number of pyridine rings is 1. The van der Waals surface area contributed by atoms with Gasteiger partial charge in [-0.1, -0.05) is 0 Å². The van der Waals surface area contributed by atoms with Crippen molar-refractivity contribution in [2.24, 2.45) is 0 Å². The number of nitrogens with zero attached hydrogens (tertiary/aromatic N) is 2. The maximum absolute atomic E-state index is 12.5. The molecule has 0 radical (unpaired) electrons. The highest BCUT2D eigenvalue weighted by Gasteiger charge is 2.35. The van der Waals surface area contributed by atoms with Crippen molar-refractivity contribution in [2.45, 2.75) is 12.8 Å². The standard InChI is InChI=1S/C8H3F5N2O2/c9-6(10)5-3(1-14)4(16)2-15-7(5)17-8(11,12)13/h2,6,16H. The second-order valence-electron chi connectivity index (χ2n) is 2.70. The van der Waals surface area contributed by atoms with Crippen LogP contribution in [0.15, 0.2) is 6.20 Å². The van der Waals surface area contributed by atoms with Gasteiger partial charge in [0.1, 0.15) is 17.2 Å². The number of halogens is 5. The Morgan fingerprint density at radius 1 is 1.41 bits per heavy atom. The lowest BCUT2D eigenvalue weighted by atomic mass is 10.1. The number of aromatic nitrogens is 1. The summed E-state index contributed by atoms with van der Waals surface area (Å²) in [6.45, 7) is 0. The van der Waals surface area contributed by atoms with Gasteiger partial charge in [-0.15, -0.1) is 13.2 Å². The fraction of sp³-hybridized carbons (Fsp3) is 0.250. The Labute approximate surface area is 90.9 Å². The molecule has 0 saturated heterocycles. The van der Waals surface area contributed by atoms with Crippen LogP contribution >= 0.6 is 0 Å². The van der Waals surface area contributed by atoms with Crippen molar-refractivity contribution in [3.8, 4) is 17.7 Å². The molecular formula is C8H3F5N2O2. The molecule has 0 bridgehead atoms. The number of nitriles is 1. The van der Waals surface area contributed by atoms with Crippen LogP contribution in [0.3, 0.4) is 0 Å². The minimum Gasteiger partial charge on any atom is -0.505 e. The van der Waals surface area contributed by atoms with Crippen LogP contribution in [0.25, 0.3) is 0 Å². The smallest absolute Gasteiger partial charge is 0.505 e. The lowest BCUT2D eigenvalue weighted by Gasteiger charge is -2.13. The quantitative estimate of drug-likeness (QED) is 0.823. The minimum atomic E-state index is -5.22. The highest BCUT2D eigenvalue weighted by Crippen LogP contribution is 2.36. The van der Waals surface area contributed by atoms with E-state index in [0.29, 0.717) is 6.20 Å². The largest absolute Gasteiger partial charge is 0.574 e. The summed E-state index contributed by atoms with van der Waals surface area (Å²) in [6.07, 6.45) is -8.24. The van der Waals surface area contributed by atoms with Gasteiger partial charge in [-0.05, 0) is 0 Å². The summed E-state index contributed by atoms with van der Waals surface area (Å²) in [5, 5.41) is 17.5. The highest BCUT2D eigenvalue weighted by molar-refractivity contribution is 5.51. The van der Waals surface area contributed by atoms with Crippen molar-refractivity contribution in [3.05, 3.63) is 17.3 Å². The third-order valence-corrected chi connectivity index (χ3v) is 1.60. The maximum Gasteiger partial charge on any atom is 0.574 e. The topological polar surface area (TPSA) is 66.1 Å². The van der Waals surface area contributed by atoms with E-state index >= 15 is 0 Å². The maximum atomic E-state index is 12.5. The Balaban J connectivity index is 3.37. The van der Waals surface area contributed by atoms with Crippen LogP contribution in [-0.4, -0.2) is 16.5 Å². The van der Waals surface area contributed by atoms with Gasteiger partial charge in [-0.2, -0.15) is 5.26 Å². The summed E-state index contributed by atoms with van der Waals surface area (Å²) in [6, 6.07) is 1.15. The summed E-state index contributed by atoms with van der Waals surface area (Å²) in [7, 11) is 0. The van der Waals surface area contributed by atoms with Crippen LogP contribution in [0.4, 0.5) is 22.0 Å². The lowest BCUT2D eigenvalue weighted by Crippen LogP contribution is -2.19. The van der Waals surface area contributed by atoms with Crippen LogP contribution in [0, 0.1) is 11.3 Å². The molecule has 4 nitrogen and oxygen atoms in total. The fourth-order valence-electron chi connectivity index (χ4n) is 1.01. The number of hydrogen-bond donors (Lipinski definition) is 1. The van der Waals surface area contributed by atoms with Crippen molar-refractivity contribution in [1.82, 2.24) is 4.98 Å². The van der Waals surface area contributed by atoms with Gasteiger partial charge in [0.15, 0.2) is 5.75 Å². The Bertz CT molecular complexity index is 466. The average molecular weight is 254 g/mol. The van der Waals surface area contributed by atoms with E-state index in [1.807, 2.05) is 0 Å². The predicted molar refractivity (Wildman–Crippen MR) is 42.3 cm³/mol. The van der Waals surface area contributed by atoms with E-state index in [0.717, 1.165) is 6.07 Å². The first-order chi connectivity index (χ1) is 7.76. The van der Waals surface area contributed by atoms with Crippen LogP contribution in [0.1, 0.15) is 17.6 Å². The first kappa shape index (κ1) is 13.0. The summed E-state index contributed by atoms with van der Waals surface area (Å²) in [5.41, 5.74) is -2.40. The van der Waals surface area contributed by atoms with Gasteiger partial charge in [0.05, 0.1) is 6.20 Å². The van der Waals surface area contributed by atoms with Crippen molar-refractivity contribution < 1.29 is 31.8 Å². The van der Waals surface area contributed by atoms with E-state index < -0.39 is 35.5 Å². The van der Waals surface area contributed by atoms with Gasteiger partial charge in [-0.25, -0.2) is 13.8 Å². The van der Waals surface area contributed by atoms with E-state index in [1.165, 1.54) is 0 Å². The van der Waals surface area contributed by atoms with Gasteiger partial charge in [0.2, 0.25) is 5.88 Å². The van der Waals surface area contributed by atoms with Gasteiger partial charge >= 0.3 is 6.36 Å². The molecule has 1 N–H and O–H groups in total. The molecule has 0 saturated carbocycles. The molecule has 0 amide bonds. The van der Waals surface area contributed by atoms with Crippen molar-refractivity contribution in [3.63, 3.8) is 0 Å². The van der Waals surface area contributed by atoms with Crippen molar-refractivity contribution >= 4 is 0 Å². The molecular weight excluding hydrogens is 251 g/mol. The first-order valence-corrected chi connectivity index (χ1v) is 3.92. The van der Waals surface area contributed by atoms with E-state index in [-0.39, 0.29) is 0 Å². The zero-order valence-corrected chi connectivity index (χ0v) is 7.79. The SMILES string of the molecule is N#Cc1c(O)cnc(OC(F)(F)F)c1C(F)F. The summed E-state index contributed by atoms with van der Waals surface area (Å²) < 4.78 is 63.8. The van der Waals surface area contributed by atoms with E-state index in [2.05, 4.69) is 9.72 Å². The van der Waals surface area contributed by atoms with Crippen LogP contribution in [-0.2, 0) is 0 Å². The van der Waals surface area contributed by atoms with Gasteiger partial charge in [0.25, 0.3) is 6.43 Å². The monoisotopic (exact) mass is 254 g/mol. The molecule has 1 heterocycles. The lowest BCUT2D eigenvalue weighted by molar-refractivity contribution is -0.276. The van der Waals surface area contributed by atoms with Crippen LogP contribution < -0.4 is 4.74 Å². The molecule has 0 spiro atoms. The first-order valence-electron chi connectivity index (χ1n) is 3.92. The van der Waals surface area contributed by atoms with Gasteiger partial charge in [-0.3, -0.25) is 0 Å². The Kier molecular flexibility index (Phi) is 3.36. The number of aromatic hydroxyl groups is 1. The Morgan fingerprint density at radius 2 is 2.00 bits per heavy atom.